The maximum Gasteiger partial charge on any atom is 0.315 e. The average Bonchev–Trinajstić information content (AvgIpc) is 2.39. The smallest absolute Gasteiger partial charge is 0.315 e. The molecule has 0 aromatic carbocycles. The highest BCUT2D eigenvalue weighted by Gasteiger charge is 2.46. The van der Waals surface area contributed by atoms with Gasteiger partial charge in [-0.2, -0.15) is 0 Å². The molecule has 7 nitrogen and oxygen atoms in total. The lowest BCUT2D eigenvalue weighted by atomic mass is 9.92. The van der Waals surface area contributed by atoms with Crippen molar-refractivity contribution in [2.75, 3.05) is 0 Å². The molecule has 0 saturated carbocycles. The van der Waals surface area contributed by atoms with Crippen molar-refractivity contribution in [3.63, 3.8) is 0 Å². The van der Waals surface area contributed by atoms with E-state index in [-0.39, 0.29) is 0 Å². The fraction of sp³-hybridized carbons (Fsp3) is 0.286. The van der Waals surface area contributed by atoms with Crippen molar-refractivity contribution in [1.82, 2.24) is 0 Å². The van der Waals surface area contributed by atoms with Crippen molar-refractivity contribution in [1.29, 1.82) is 0 Å². The normalized spacial score (nSPS) is 19.1. The predicted octanol–water partition coefficient (Wildman–Crippen LogP) is 0.459. The summed E-state index contributed by atoms with van der Waals surface area (Å²) in [6.45, 7) is 13.5. The molecule has 7 heteroatoms. The van der Waals surface area contributed by atoms with E-state index in [1.165, 1.54) is 0 Å². The van der Waals surface area contributed by atoms with E-state index in [1.807, 2.05) is 0 Å². The average molecular weight is 296 g/mol. The topological polar surface area (TPSA) is 136 Å². The molecule has 0 aliphatic heterocycles. The summed E-state index contributed by atoms with van der Waals surface area (Å²) in [6.07, 6.45) is 4.11. The van der Waals surface area contributed by atoms with Crippen molar-refractivity contribution in [3.8, 4) is 0 Å². The zero-order valence-corrected chi connectivity index (χ0v) is 11.6. The van der Waals surface area contributed by atoms with E-state index < -0.39 is 35.2 Å². The summed E-state index contributed by atoms with van der Waals surface area (Å²) in [5.41, 5.74) is 7.76. The first-order chi connectivity index (χ1) is 9.61. The fourth-order valence-electron chi connectivity index (χ4n) is 1.73. The van der Waals surface area contributed by atoms with Crippen LogP contribution >= 0.6 is 0 Å². The molecule has 0 saturated heterocycles. The van der Waals surface area contributed by atoms with Gasteiger partial charge in [-0.1, -0.05) is 25.3 Å². The Morgan fingerprint density at radius 3 is 1.33 bits per heavy atom. The van der Waals surface area contributed by atoms with Gasteiger partial charge in [0.1, 0.15) is 11.8 Å². The van der Waals surface area contributed by atoms with Crippen molar-refractivity contribution in [2.45, 2.75) is 11.4 Å². The molecule has 0 aliphatic carbocycles. The van der Waals surface area contributed by atoms with Gasteiger partial charge in [0.2, 0.25) is 0 Å². The molecule has 0 spiro atoms. The number of nitrogens with two attached hydrogens (primary N) is 2. The number of carboxylic acids is 2. The van der Waals surface area contributed by atoms with E-state index in [4.69, 9.17) is 26.4 Å². The molecule has 0 radical (unpaired) electrons. The summed E-state index contributed by atoms with van der Waals surface area (Å²) < 4.78 is 5.37. The minimum atomic E-state index is -1.98. The number of rotatable bonds is 10. The highest BCUT2D eigenvalue weighted by atomic mass is 16.5. The quantitative estimate of drug-likeness (QED) is 0.339. The maximum absolute atomic E-state index is 11.2. The molecule has 0 aliphatic rings. The zero-order valence-electron chi connectivity index (χ0n) is 11.6. The van der Waals surface area contributed by atoms with E-state index in [1.54, 1.807) is 0 Å². The minimum Gasteiger partial charge on any atom is -0.481 e. The van der Waals surface area contributed by atoms with Crippen LogP contribution in [0.25, 0.3) is 0 Å². The molecule has 4 atom stereocenters. The van der Waals surface area contributed by atoms with Crippen LogP contribution in [0, 0.1) is 11.8 Å². The van der Waals surface area contributed by atoms with Crippen LogP contribution < -0.4 is 11.5 Å². The molecule has 0 rings (SSSR count). The number of aliphatic carboxylic acids is 2. The Balaban J connectivity index is 5.80. The summed E-state index contributed by atoms with van der Waals surface area (Å²) >= 11 is 0. The van der Waals surface area contributed by atoms with Crippen molar-refractivity contribution >= 4 is 11.9 Å². The van der Waals surface area contributed by atoms with Gasteiger partial charge in [-0.15, -0.1) is 13.2 Å². The van der Waals surface area contributed by atoms with E-state index in [2.05, 4.69) is 26.3 Å². The summed E-state index contributed by atoms with van der Waals surface area (Å²) in [5, 5.41) is 18.3. The SMILES string of the molecule is C=CC(C(=O)O)C(N)(C=C)OC(N)(C=C)C(C=C)C(=O)O. The second-order valence-electron chi connectivity index (χ2n) is 4.32. The third kappa shape index (κ3) is 3.88. The van der Waals surface area contributed by atoms with Gasteiger partial charge >= 0.3 is 11.9 Å². The van der Waals surface area contributed by atoms with Gasteiger partial charge < -0.3 is 14.9 Å². The number of hydrogen-bond donors (Lipinski definition) is 4. The molecule has 0 bridgehead atoms. The maximum atomic E-state index is 11.2. The minimum absolute atomic E-state index is 1.01. The highest BCUT2D eigenvalue weighted by molar-refractivity contribution is 5.75. The lowest BCUT2D eigenvalue weighted by Crippen LogP contribution is -2.61. The van der Waals surface area contributed by atoms with Crippen molar-refractivity contribution in [2.24, 2.45) is 23.3 Å². The van der Waals surface area contributed by atoms with Gasteiger partial charge in [-0.05, 0) is 12.2 Å². The Labute approximate surface area is 122 Å². The Morgan fingerprint density at radius 2 is 1.19 bits per heavy atom. The van der Waals surface area contributed by atoms with Gasteiger partial charge in [-0.25, -0.2) is 0 Å². The second-order valence-corrected chi connectivity index (χ2v) is 4.32. The first-order valence-corrected chi connectivity index (χ1v) is 5.87. The van der Waals surface area contributed by atoms with E-state index >= 15 is 0 Å². The van der Waals surface area contributed by atoms with Gasteiger partial charge in [0.25, 0.3) is 0 Å². The first-order valence-electron chi connectivity index (χ1n) is 5.87. The van der Waals surface area contributed by atoms with Gasteiger partial charge in [0, 0.05) is 0 Å². The summed E-state index contributed by atoms with van der Waals surface area (Å²) in [6, 6.07) is 0. The number of carboxylic acid groups (broad SMARTS) is 2. The first kappa shape index (κ1) is 18.8. The van der Waals surface area contributed by atoms with Gasteiger partial charge in [0.15, 0.2) is 11.4 Å². The molecule has 21 heavy (non-hydrogen) atoms. The van der Waals surface area contributed by atoms with Gasteiger partial charge in [0.05, 0.1) is 0 Å². The summed E-state index contributed by atoms with van der Waals surface area (Å²) in [4.78, 5) is 22.4. The van der Waals surface area contributed by atoms with Crippen molar-refractivity contribution < 1.29 is 24.5 Å². The molecule has 0 aromatic heterocycles. The Kier molecular flexibility index (Phi) is 6.24. The molecular weight excluding hydrogens is 276 g/mol. The number of ether oxygens (including phenoxy) is 1. The molecule has 116 valence electrons. The molecule has 0 fully saturated rings. The zero-order chi connectivity index (χ0) is 16.8. The van der Waals surface area contributed by atoms with E-state index in [9.17, 15) is 9.59 Å². The molecule has 6 N–H and O–H groups in total. The summed E-state index contributed by atoms with van der Waals surface area (Å²) in [7, 11) is 0. The lowest BCUT2D eigenvalue weighted by molar-refractivity contribution is -0.174. The van der Waals surface area contributed by atoms with Crippen LogP contribution in [0.3, 0.4) is 0 Å². The second kappa shape index (κ2) is 6.98. The van der Waals surface area contributed by atoms with E-state index in [0.29, 0.717) is 0 Å². The molecule has 0 aromatic rings. The van der Waals surface area contributed by atoms with Crippen LogP contribution in [0.5, 0.6) is 0 Å². The van der Waals surface area contributed by atoms with Crippen LogP contribution in [-0.4, -0.2) is 33.6 Å². The molecule has 0 amide bonds. The van der Waals surface area contributed by atoms with Crippen LogP contribution in [0.15, 0.2) is 50.6 Å². The largest absolute Gasteiger partial charge is 0.481 e. The monoisotopic (exact) mass is 296 g/mol. The Morgan fingerprint density at radius 1 is 0.905 bits per heavy atom. The van der Waals surface area contributed by atoms with Crippen LogP contribution in [-0.2, 0) is 14.3 Å². The number of carbonyl (C=O) groups is 2. The Hall–Kier alpha value is -2.22. The third-order valence-corrected chi connectivity index (χ3v) is 2.97. The predicted molar refractivity (Wildman–Crippen MR) is 78.0 cm³/mol. The summed E-state index contributed by atoms with van der Waals surface area (Å²) in [5.74, 6) is -5.44. The van der Waals surface area contributed by atoms with Crippen LogP contribution in [0.4, 0.5) is 0 Å². The molecule has 4 unspecified atom stereocenters. The fourth-order valence-corrected chi connectivity index (χ4v) is 1.73. The van der Waals surface area contributed by atoms with Crippen molar-refractivity contribution in [3.05, 3.63) is 50.6 Å². The third-order valence-electron chi connectivity index (χ3n) is 2.97. The number of hydrogen-bond acceptors (Lipinski definition) is 5. The highest BCUT2D eigenvalue weighted by Crippen LogP contribution is 2.29. The molecular formula is C14H20N2O5. The van der Waals surface area contributed by atoms with Crippen LogP contribution in [0.2, 0.25) is 0 Å². The van der Waals surface area contributed by atoms with E-state index in [0.717, 1.165) is 24.3 Å². The van der Waals surface area contributed by atoms with Gasteiger partial charge in [-0.3, -0.25) is 21.1 Å². The van der Waals surface area contributed by atoms with Crippen LogP contribution in [0.1, 0.15) is 0 Å². The standard InChI is InChI=1S/C14H20N2O5/c1-5-9(11(17)18)13(15,7-3)21-14(16,8-4)10(6-2)12(19)20/h5-10H,1-4,15-16H2,(H,17,18)(H,19,20). The Bertz CT molecular complexity index is 434. The lowest BCUT2D eigenvalue weighted by Gasteiger charge is -2.40. The molecule has 0 heterocycles.